The summed E-state index contributed by atoms with van der Waals surface area (Å²) in [4.78, 5) is 35.0. The number of carbonyl (C=O) groups is 2. The molecule has 58 heavy (non-hydrogen) atoms. The van der Waals surface area contributed by atoms with Crippen LogP contribution in [0, 0.1) is 0 Å². The van der Waals surface area contributed by atoms with E-state index >= 15 is 0 Å². The van der Waals surface area contributed by atoms with Crippen LogP contribution in [0.3, 0.4) is 0 Å². The molecule has 0 aliphatic heterocycles. The Bertz CT molecular complexity index is 1250. The van der Waals surface area contributed by atoms with Gasteiger partial charge in [-0.05, 0) is 83.5 Å². The summed E-state index contributed by atoms with van der Waals surface area (Å²) in [5.74, 6) is -1.02. The Kier molecular flexibility index (Phi) is 38.8. The average Bonchev–Trinajstić information content (AvgIpc) is 3.20. The second-order valence-electron chi connectivity index (χ2n) is 14.2. The third-order valence-electron chi connectivity index (χ3n) is 8.61. The number of carbonyl (C=O) groups excluding carboxylic acids is 2. The predicted molar refractivity (Wildman–Crippen MR) is 234 cm³/mol. The molecule has 4 atom stereocenters. The molecule has 332 valence electrons. The molecule has 0 saturated heterocycles. The van der Waals surface area contributed by atoms with Crippen LogP contribution in [0.25, 0.3) is 0 Å². The molecule has 0 aromatic carbocycles. The monoisotopic (exact) mass is 837 g/mol. The van der Waals surface area contributed by atoms with Gasteiger partial charge in [-0.1, -0.05) is 137 Å². The molecule has 0 aromatic heterocycles. The molecule has 0 aliphatic rings. The maximum Gasteiger partial charge on any atom is 0.472 e. The van der Waals surface area contributed by atoms with Gasteiger partial charge in [0.05, 0.1) is 25.9 Å². The lowest BCUT2D eigenvalue weighted by Crippen LogP contribution is -2.29. The molecule has 0 radical (unpaired) electrons. The fourth-order valence-corrected chi connectivity index (χ4v) is 6.04. The first kappa shape index (κ1) is 55.1. The number of hydrogen-bond acceptors (Lipinski definition) is 10. The summed E-state index contributed by atoms with van der Waals surface area (Å²) in [5, 5.41) is 28.2. The molecule has 0 heterocycles. The van der Waals surface area contributed by atoms with Crippen molar-refractivity contribution in [2.75, 3.05) is 26.4 Å². The minimum Gasteiger partial charge on any atom is -0.462 e. The van der Waals surface area contributed by atoms with Crippen molar-refractivity contribution in [1.29, 1.82) is 0 Å². The van der Waals surface area contributed by atoms with E-state index in [9.17, 15) is 29.3 Å². The van der Waals surface area contributed by atoms with Crippen LogP contribution in [0.15, 0.2) is 85.1 Å². The smallest absolute Gasteiger partial charge is 0.462 e. The molecule has 0 fully saturated rings. The van der Waals surface area contributed by atoms with Crippen LogP contribution in [0.2, 0.25) is 0 Å². The standard InChI is InChI=1S/C46H77O11P/c1-3-5-7-8-9-10-11-12-13-14-15-16-17-18-19-22-26-29-33-37-46(51)57-44(41-56-58(52,53)55-39-43(49)38-47)40-54-45(50)36-32-28-25-23-20-21-24-27-31-35-42(48)34-30-6-4-2/h6,9-10,12-13,15-16,18-19,24,27,30-31,35,42-44,47-49H,3-5,7-8,11,14,17,20-23,25-26,28-29,32-34,36-41H2,1-2H3,(H,52,53)/b10-9-,13-12-,16-15-,19-18-,27-24+,30-6+,35-31+/t42?,43-,44+/m0/s1. The highest BCUT2D eigenvalue weighted by Gasteiger charge is 2.27. The van der Waals surface area contributed by atoms with Crippen molar-refractivity contribution in [3.8, 4) is 0 Å². The third kappa shape index (κ3) is 39.9. The number of phosphoric ester groups is 1. The normalized spacial score (nSPS) is 15.2. The highest BCUT2D eigenvalue weighted by Crippen LogP contribution is 2.43. The molecule has 0 aromatic rings. The van der Waals surface area contributed by atoms with Gasteiger partial charge in [0, 0.05) is 12.8 Å². The van der Waals surface area contributed by atoms with Crippen LogP contribution in [-0.2, 0) is 32.7 Å². The lowest BCUT2D eigenvalue weighted by molar-refractivity contribution is -0.161. The zero-order valence-electron chi connectivity index (χ0n) is 35.6. The van der Waals surface area contributed by atoms with E-state index in [-0.39, 0.29) is 19.4 Å². The van der Waals surface area contributed by atoms with Gasteiger partial charge in [-0.2, -0.15) is 0 Å². The number of allylic oxidation sites excluding steroid dienone is 12. The zero-order valence-corrected chi connectivity index (χ0v) is 36.5. The minimum absolute atomic E-state index is 0.127. The molecule has 0 aliphatic carbocycles. The first-order valence-corrected chi connectivity index (χ1v) is 23.1. The second-order valence-corrected chi connectivity index (χ2v) is 15.6. The molecule has 0 spiro atoms. The first-order valence-electron chi connectivity index (χ1n) is 21.7. The van der Waals surface area contributed by atoms with Crippen LogP contribution >= 0.6 is 7.82 Å². The van der Waals surface area contributed by atoms with Crippen LogP contribution < -0.4 is 0 Å². The Morgan fingerprint density at radius 2 is 1.14 bits per heavy atom. The van der Waals surface area contributed by atoms with Crippen molar-refractivity contribution < 1.29 is 52.9 Å². The number of aliphatic hydroxyl groups excluding tert-OH is 3. The van der Waals surface area contributed by atoms with E-state index in [0.717, 1.165) is 77.0 Å². The fraction of sp³-hybridized carbons (Fsp3) is 0.652. The van der Waals surface area contributed by atoms with Crippen molar-refractivity contribution in [2.24, 2.45) is 0 Å². The summed E-state index contributed by atoms with van der Waals surface area (Å²) in [6.07, 6.45) is 44.5. The Balaban J connectivity index is 4.45. The highest BCUT2D eigenvalue weighted by atomic mass is 31.2. The van der Waals surface area contributed by atoms with E-state index in [4.69, 9.17) is 19.1 Å². The molecule has 0 saturated carbocycles. The van der Waals surface area contributed by atoms with Gasteiger partial charge in [0.1, 0.15) is 12.7 Å². The summed E-state index contributed by atoms with van der Waals surface area (Å²) in [7, 11) is -4.65. The largest absolute Gasteiger partial charge is 0.472 e. The maximum atomic E-state index is 12.6. The molecular formula is C46H77O11P. The highest BCUT2D eigenvalue weighted by molar-refractivity contribution is 7.47. The zero-order chi connectivity index (χ0) is 42.8. The van der Waals surface area contributed by atoms with Gasteiger partial charge in [-0.3, -0.25) is 18.6 Å². The third-order valence-corrected chi connectivity index (χ3v) is 9.56. The number of esters is 2. The van der Waals surface area contributed by atoms with Crippen molar-refractivity contribution >= 4 is 19.8 Å². The number of rotatable bonds is 39. The number of ether oxygens (including phenoxy) is 2. The molecular weight excluding hydrogens is 759 g/mol. The number of phosphoric acid groups is 1. The Morgan fingerprint density at radius 1 is 0.603 bits per heavy atom. The lowest BCUT2D eigenvalue weighted by atomic mass is 10.1. The van der Waals surface area contributed by atoms with Crippen LogP contribution in [-0.4, -0.2) is 76.9 Å². The molecule has 0 amide bonds. The van der Waals surface area contributed by atoms with E-state index in [1.54, 1.807) is 6.08 Å². The van der Waals surface area contributed by atoms with E-state index in [1.807, 2.05) is 24.3 Å². The van der Waals surface area contributed by atoms with Crippen molar-refractivity contribution in [3.63, 3.8) is 0 Å². The van der Waals surface area contributed by atoms with Gasteiger partial charge in [-0.15, -0.1) is 0 Å². The van der Waals surface area contributed by atoms with Crippen molar-refractivity contribution in [3.05, 3.63) is 85.1 Å². The summed E-state index contributed by atoms with van der Waals surface area (Å²) < 4.78 is 32.6. The van der Waals surface area contributed by atoms with Crippen LogP contribution in [0.5, 0.6) is 0 Å². The quantitative estimate of drug-likeness (QED) is 0.0153. The number of aliphatic hydroxyl groups is 3. The van der Waals surface area contributed by atoms with Gasteiger partial charge < -0.3 is 29.7 Å². The summed E-state index contributed by atoms with van der Waals surface area (Å²) >= 11 is 0. The summed E-state index contributed by atoms with van der Waals surface area (Å²) in [6.45, 7) is 2.04. The number of unbranched alkanes of at least 4 members (excludes halogenated alkanes) is 11. The maximum absolute atomic E-state index is 12.6. The lowest BCUT2D eigenvalue weighted by Gasteiger charge is -2.20. The Hall–Kier alpha value is -2.89. The second kappa shape index (κ2) is 40.9. The van der Waals surface area contributed by atoms with Gasteiger partial charge in [0.15, 0.2) is 6.10 Å². The van der Waals surface area contributed by atoms with E-state index in [2.05, 4.69) is 73.1 Å². The van der Waals surface area contributed by atoms with E-state index in [1.165, 1.54) is 25.7 Å². The SMILES string of the molecule is CC/C=C/CC(O)/C=C/C=C/CCCCCCCC(=O)OC[C@H](COP(=O)(O)OC[C@@H](O)CO)OC(=O)CCCCC/C=C\C/C=C\C/C=C\C/C=C\CCCCC. The average molecular weight is 837 g/mol. The minimum atomic E-state index is -4.65. The van der Waals surface area contributed by atoms with Gasteiger partial charge >= 0.3 is 19.8 Å². The van der Waals surface area contributed by atoms with Gasteiger partial charge in [0.2, 0.25) is 0 Å². The van der Waals surface area contributed by atoms with Crippen molar-refractivity contribution in [2.45, 2.75) is 167 Å². The van der Waals surface area contributed by atoms with Crippen LogP contribution in [0.1, 0.15) is 149 Å². The number of hydrogen-bond donors (Lipinski definition) is 4. The van der Waals surface area contributed by atoms with Crippen LogP contribution in [0.4, 0.5) is 0 Å². The first-order chi connectivity index (χ1) is 28.1. The molecule has 2 unspecified atom stereocenters. The van der Waals surface area contributed by atoms with Crippen molar-refractivity contribution in [1.82, 2.24) is 0 Å². The molecule has 0 bridgehead atoms. The summed E-state index contributed by atoms with van der Waals surface area (Å²) in [5.41, 5.74) is 0. The molecule has 12 heteroatoms. The van der Waals surface area contributed by atoms with Gasteiger partial charge in [-0.25, -0.2) is 4.57 Å². The fourth-order valence-electron chi connectivity index (χ4n) is 5.25. The molecule has 11 nitrogen and oxygen atoms in total. The summed E-state index contributed by atoms with van der Waals surface area (Å²) in [6, 6.07) is 0. The van der Waals surface area contributed by atoms with Gasteiger partial charge in [0.25, 0.3) is 0 Å². The predicted octanol–water partition coefficient (Wildman–Crippen LogP) is 10.4. The van der Waals surface area contributed by atoms with E-state index in [0.29, 0.717) is 19.3 Å². The van der Waals surface area contributed by atoms with E-state index < -0.39 is 57.9 Å². The molecule has 0 rings (SSSR count). The molecule has 4 N–H and O–H groups in total. The topological polar surface area (TPSA) is 169 Å². The Morgan fingerprint density at radius 3 is 1.76 bits per heavy atom. The Labute approximate surface area is 350 Å².